The van der Waals surface area contributed by atoms with Crippen LogP contribution in [0.5, 0.6) is 0 Å². The van der Waals surface area contributed by atoms with Crippen molar-refractivity contribution < 1.29 is 13.2 Å². The topological polar surface area (TPSA) is 84.3 Å². The van der Waals surface area contributed by atoms with Gasteiger partial charge in [-0.05, 0) is 38.8 Å². The maximum atomic E-state index is 12.7. The van der Waals surface area contributed by atoms with E-state index in [0.29, 0.717) is 36.6 Å². The molecule has 1 aliphatic rings. The van der Waals surface area contributed by atoms with Crippen LogP contribution in [0, 0.1) is 19.8 Å². The Hall–Kier alpha value is -2.19. The summed E-state index contributed by atoms with van der Waals surface area (Å²) in [6.07, 6.45) is 1.02. The summed E-state index contributed by atoms with van der Waals surface area (Å²) in [6, 6.07) is 8.67. The number of piperidine rings is 1. The maximum Gasteiger partial charge on any atom is 0.243 e. The molecule has 2 aromatic rings. The number of aromatic nitrogens is 2. The lowest BCUT2D eigenvalue weighted by molar-refractivity contribution is -0.121. The number of nitrogens with one attached hydrogen (secondary N) is 1. The first-order valence-corrected chi connectivity index (χ1v) is 10.1. The fraction of sp³-hybridized carbons (Fsp3) is 0.444. The third-order valence-electron chi connectivity index (χ3n) is 4.74. The number of carbonyl (C=O) groups excluding carboxylic acids is 1. The molecule has 0 bridgehead atoms. The molecule has 0 radical (unpaired) electrons. The minimum absolute atomic E-state index is 0.0830. The molecule has 1 aliphatic heterocycles. The highest BCUT2D eigenvalue weighted by atomic mass is 32.2. The largest absolute Gasteiger partial charge is 0.311 e. The zero-order chi connectivity index (χ0) is 18.9. The third-order valence-corrected chi connectivity index (χ3v) is 6.65. The first-order chi connectivity index (χ1) is 12.3. The molecular weight excluding hydrogens is 352 g/mol. The molecule has 0 saturated carbocycles. The maximum absolute atomic E-state index is 12.7. The zero-order valence-electron chi connectivity index (χ0n) is 15.3. The van der Waals surface area contributed by atoms with E-state index in [0.717, 1.165) is 11.3 Å². The first-order valence-electron chi connectivity index (χ1n) is 8.65. The standard InChI is InChI=1S/C18H24N4O3S/c1-13-4-6-16(7-5-13)26(24,25)22-10-8-15(9-11-22)18(23)19-17-12-14(2)20-21(17)3/h4-7,12,15H,8-11H2,1-3H3,(H,19,23). The Labute approximate surface area is 154 Å². The highest BCUT2D eigenvalue weighted by Crippen LogP contribution is 2.25. The average Bonchev–Trinajstić information content (AvgIpc) is 2.92. The average molecular weight is 376 g/mol. The molecule has 26 heavy (non-hydrogen) atoms. The van der Waals surface area contributed by atoms with Crippen LogP contribution in [0.25, 0.3) is 0 Å². The number of sulfonamides is 1. The number of hydrogen-bond donors (Lipinski definition) is 1. The predicted octanol–water partition coefficient (Wildman–Crippen LogP) is 2.08. The SMILES string of the molecule is Cc1ccc(S(=O)(=O)N2CCC(C(=O)Nc3cc(C)nn3C)CC2)cc1. The van der Waals surface area contributed by atoms with E-state index < -0.39 is 10.0 Å². The van der Waals surface area contributed by atoms with Crippen molar-refractivity contribution in [3.8, 4) is 0 Å². The summed E-state index contributed by atoms with van der Waals surface area (Å²) in [5.74, 6) is 0.372. The van der Waals surface area contributed by atoms with Gasteiger partial charge in [0.1, 0.15) is 5.82 Å². The quantitative estimate of drug-likeness (QED) is 0.885. The second kappa shape index (κ2) is 7.20. The molecule has 1 aromatic carbocycles. The van der Waals surface area contributed by atoms with E-state index in [9.17, 15) is 13.2 Å². The predicted molar refractivity (Wildman–Crippen MR) is 99.2 cm³/mol. The third kappa shape index (κ3) is 3.81. The molecule has 2 heterocycles. The molecule has 3 rings (SSSR count). The van der Waals surface area contributed by atoms with Crippen molar-refractivity contribution in [2.75, 3.05) is 18.4 Å². The van der Waals surface area contributed by atoms with E-state index in [1.54, 1.807) is 36.0 Å². The van der Waals surface area contributed by atoms with E-state index in [2.05, 4.69) is 10.4 Å². The number of aryl methyl sites for hydroxylation is 3. The molecular formula is C18H24N4O3S. The van der Waals surface area contributed by atoms with Gasteiger partial charge in [-0.3, -0.25) is 9.48 Å². The molecule has 0 aliphatic carbocycles. The highest BCUT2D eigenvalue weighted by Gasteiger charge is 2.32. The summed E-state index contributed by atoms with van der Waals surface area (Å²) >= 11 is 0. The van der Waals surface area contributed by atoms with Crippen LogP contribution in [0.2, 0.25) is 0 Å². The number of benzene rings is 1. The van der Waals surface area contributed by atoms with Gasteiger partial charge in [-0.25, -0.2) is 8.42 Å². The minimum atomic E-state index is -3.50. The normalized spacial score (nSPS) is 16.6. The fourth-order valence-electron chi connectivity index (χ4n) is 3.17. The van der Waals surface area contributed by atoms with Crippen molar-refractivity contribution in [1.82, 2.24) is 14.1 Å². The molecule has 1 N–H and O–H groups in total. The summed E-state index contributed by atoms with van der Waals surface area (Å²) in [5, 5.41) is 7.09. The molecule has 0 spiro atoms. The zero-order valence-corrected chi connectivity index (χ0v) is 16.1. The first kappa shape index (κ1) is 18.6. The number of nitrogens with zero attached hydrogens (tertiary/aromatic N) is 3. The van der Waals surface area contributed by atoms with Crippen LogP contribution < -0.4 is 5.32 Å². The van der Waals surface area contributed by atoms with Crippen LogP contribution >= 0.6 is 0 Å². The molecule has 1 saturated heterocycles. The van der Waals surface area contributed by atoms with Gasteiger partial charge in [-0.2, -0.15) is 9.40 Å². The molecule has 8 heteroatoms. The van der Waals surface area contributed by atoms with Gasteiger partial charge in [0, 0.05) is 32.1 Å². The van der Waals surface area contributed by atoms with Crippen molar-refractivity contribution in [1.29, 1.82) is 0 Å². The lowest BCUT2D eigenvalue weighted by atomic mass is 9.97. The molecule has 1 amide bonds. The van der Waals surface area contributed by atoms with E-state index in [1.807, 2.05) is 19.9 Å². The van der Waals surface area contributed by atoms with Gasteiger partial charge in [0.15, 0.2) is 0 Å². The van der Waals surface area contributed by atoms with E-state index in [4.69, 9.17) is 0 Å². The Morgan fingerprint density at radius 2 is 1.77 bits per heavy atom. The Morgan fingerprint density at radius 1 is 1.15 bits per heavy atom. The summed E-state index contributed by atoms with van der Waals surface area (Å²) in [6.45, 7) is 4.48. The Kier molecular flexibility index (Phi) is 5.15. The number of amides is 1. The monoisotopic (exact) mass is 376 g/mol. The van der Waals surface area contributed by atoms with Crippen molar-refractivity contribution in [2.24, 2.45) is 13.0 Å². The van der Waals surface area contributed by atoms with Crippen LogP contribution in [0.15, 0.2) is 35.2 Å². The number of rotatable bonds is 4. The minimum Gasteiger partial charge on any atom is -0.311 e. The summed E-state index contributed by atoms with van der Waals surface area (Å²) in [4.78, 5) is 12.8. The van der Waals surface area contributed by atoms with Crippen molar-refractivity contribution in [3.05, 3.63) is 41.6 Å². The summed E-state index contributed by atoms with van der Waals surface area (Å²) < 4.78 is 28.6. The number of anilines is 1. The molecule has 0 unspecified atom stereocenters. The lowest BCUT2D eigenvalue weighted by Crippen LogP contribution is -2.41. The second-order valence-corrected chi connectivity index (χ2v) is 8.71. The Bertz CT molecular complexity index is 895. The summed E-state index contributed by atoms with van der Waals surface area (Å²) in [5.41, 5.74) is 1.85. The van der Waals surface area contributed by atoms with Crippen LogP contribution in [0.3, 0.4) is 0 Å². The molecule has 1 fully saturated rings. The number of hydrogen-bond acceptors (Lipinski definition) is 4. The van der Waals surface area contributed by atoms with Gasteiger partial charge < -0.3 is 5.32 Å². The van der Waals surface area contributed by atoms with Crippen molar-refractivity contribution in [2.45, 2.75) is 31.6 Å². The number of carbonyl (C=O) groups is 1. The van der Waals surface area contributed by atoms with Crippen LogP contribution in [-0.4, -0.2) is 41.5 Å². The summed E-state index contributed by atoms with van der Waals surface area (Å²) in [7, 11) is -1.73. The van der Waals surface area contributed by atoms with Gasteiger partial charge in [0.05, 0.1) is 10.6 Å². The Balaban J connectivity index is 1.62. The molecule has 0 atom stereocenters. The van der Waals surface area contributed by atoms with Crippen LogP contribution in [0.1, 0.15) is 24.1 Å². The second-order valence-electron chi connectivity index (χ2n) is 6.78. The Morgan fingerprint density at radius 3 is 2.31 bits per heavy atom. The molecule has 1 aromatic heterocycles. The van der Waals surface area contributed by atoms with E-state index in [1.165, 1.54) is 4.31 Å². The lowest BCUT2D eigenvalue weighted by Gasteiger charge is -2.30. The van der Waals surface area contributed by atoms with Gasteiger partial charge in [0.2, 0.25) is 15.9 Å². The van der Waals surface area contributed by atoms with Gasteiger partial charge in [0.25, 0.3) is 0 Å². The van der Waals surface area contributed by atoms with E-state index >= 15 is 0 Å². The van der Waals surface area contributed by atoms with Crippen LogP contribution in [-0.2, 0) is 21.9 Å². The smallest absolute Gasteiger partial charge is 0.243 e. The van der Waals surface area contributed by atoms with Crippen molar-refractivity contribution >= 4 is 21.7 Å². The van der Waals surface area contributed by atoms with E-state index in [-0.39, 0.29) is 11.8 Å². The van der Waals surface area contributed by atoms with Gasteiger partial charge in [-0.15, -0.1) is 0 Å². The fourth-order valence-corrected chi connectivity index (χ4v) is 4.64. The molecule has 7 nitrogen and oxygen atoms in total. The van der Waals surface area contributed by atoms with Gasteiger partial charge >= 0.3 is 0 Å². The van der Waals surface area contributed by atoms with Gasteiger partial charge in [-0.1, -0.05) is 17.7 Å². The van der Waals surface area contributed by atoms with Crippen molar-refractivity contribution in [3.63, 3.8) is 0 Å². The molecule has 140 valence electrons. The van der Waals surface area contributed by atoms with Crippen LogP contribution in [0.4, 0.5) is 5.82 Å². The highest BCUT2D eigenvalue weighted by molar-refractivity contribution is 7.89.